The number of aliphatic carboxylic acids is 1. The van der Waals surface area contributed by atoms with E-state index in [0.29, 0.717) is 0 Å². The van der Waals surface area contributed by atoms with Gasteiger partial charge in [0.15, 0.2) is 0 Å². The van der Waals surface area contributed by atoms with Crippen molar-refractivity contribution in [2.45, 2.75) is 18.6 Å². The molecule has 0 spiro atoms. The lowest BCUT2D eigenvalue weighted by atomic mass is 9.96. The lowest BCUT2D eigenvalue weighted by Crippen LogP contribution is -2.28. The number of nitrogens with two attached hydrogens (primary N) is 1. The van der Waals surface area contributed by atoms with Crippen molar-refractivity contribution < 1.29 is 24.5 Å². The molecule has 0 aromatic heterocycles. The van der Waals surface area contributed by atoms with Gasteiger partial charge in [-0.15, -0.1) is 0 Å². The Bertz CT molecular complexity index is 410. The zero-order chi connectivity index (χ0) is 13.0. The van der Waals surface area contributed by atoms with Crippen molar-refractivity contribution in [1.29, 1.82) is 0 Å². The molecule has 5 N–H and O–H groups in total. The molecule has 0 aliphatic rings. The Morgan fingerprint density at radius 1 is 1.41 bits per heavy atom. The molecule has 94 valence electrons. The van der Waals surface area contributed by atoms with Crippen LogP contribution in [0.3, 0.4) is 0 Å². The number of halogens is 1. The number of hydrogen-bond donors (Lipinski definition) is 4. The van der Waals surface area contributed by atoms with Crippen molar-refractivity contribution in [3.8, 4) is 0 Å². The van der Waals surface area contributed by atoms with Gasteiger partial charge >= 0.3 is 5.97 Å². The number of carbonyl (C=O) groups is 1. The van der Waals surface area contributed by atoms with E-state index in [1.54, 1.807) is 0 Å². The smallest absolute Gasteiger partial charge is 0.307 e. The second-order valence-corrected chi connectivity index (χ2v) is 3.66. The van der Waals surface area contributed by atoms with Crippen LogP contribution < -0.4 is 5.73 Å². The fourth-order valence-electron chi connectivity index (χ4n) is 1.50. The van der Waals surface area contributed by atoms with E-state index in [2.05, 4.69) is 0 Å². The summed E-state index contributed by atoms with van der Waals surface area (Å²) in [5.74, 6) is -1.72. The third kappa shape index (κ3) is 3.48. The maximum Gasteiger partial charge on any atom is 0.307 e. The zero-order valence-corrected chi connectivity index (χ0v) is 9.01. The van der Waals surface area contributed by atoms with Crippen LogP contribution in [0.15, 0.2) is 18.2 Å². The van der Waals surface area contributed by atoms with Crippen molar-refractivity contribution >= 4 is 5.97 Å². The summed E-state index contributed by atoms with van der Waals surface area (Å²) >= 11 is 0. The lowest BCUT2D eigenvalue weighted by Gasteiger charge is -2.19. The minimum atomic E-state index is -1.40. The van der Waals surface area contributed by atoms with Gasteiger partial charge in [0.2, 0.25) is 0 Å². The summed E-state index contributed by atoms with van der Waals surface area (Å²) in [4.78, 5) is 10.6. The number of aliphatic hydroxyl groups excluding tert-OH is 2. The van der Waals surface area contributed by atoms with Gasteiger partial charge in [-0.3, -0.25) is 4.79 Å². The van der Waals surface area contributed by atoms with E-state index >= 15 is 0 Å². The fourth-order valence-corrected chi connectivity index (χ4v) is 1.50. The molecule has 0 saturated heterocycles. The van der Waals surface area contributed by atoms with Crippen LogP contribution in [0.5, 0.6) is 0 Å². The van der Waals surface area contributed by atoms with Crippen molar-refractivity contribution in [1.82, 2.24) is 0 Å². The molecule has 1 rings (SSSR count). The Balaban J connectivity index is 3.10. The van der Waals surface area contributed by atoms with Gasteiger partial charge in [-0.1, -0.05) is 6.07 Å². The maximum absolute atomic E-state index is 13.0. The van der Waals surface area contributed by atoms with Gasteiger partial charge < -0.3 is 21.1 Å². The summed E-state index contributed by atoms with van der Waals surface area (Å²) < 4.78 is 13.0. The van der Waals surface area contributed by atoms with Crippen LogP contribution >= 0.6 is 0 Å². The highest BCUT2D eigenvalue weighted by molar-refractivity contribution is 5.70. The van der Waals surface area contributed by atoms with E-state index in [1.165, 1.54) is 6.07 Å². The van der Waals surface area contributed by atoms with Crippen LogP contribution in [0, 0.1) is 5.82 Å². The van der Waals surface area contributed by atoms with Gasteiger partial charge in [0.05, 0.1) is 12.5 Å². The van der Waals surface area contributed by atoms with Crippen molar-refractivity contribution in [2.24, 2.45) is 5.73 Å². The number of carboxylic acid groups (broad SMARTS) is 1. The lowest BCUT2D eigenvalue weighted by molar-refractivity contribution is -0.136. The van der Waals surface area contributed by atoms with Crippen LogP contribution in [0.4, 0.5) is 4.39 Å². The van der Waals surface area contributed by atoms with Gasteiger partial charge in [-0.2, -0.15) is 0 Å². The van der Waals surface area contributed by atoms with Crippen molar-refractivity contribution in [2.75, 3.05) is 6.54 Å². The molecule has 0 fully saturated rings. The summed E-state index contributed by atoms with van der Waals surface area (Å²) in [6, 6.07) is 3.37. The zero-order valence-electron chi connectivity index (χ0n) is 9.01. The number of aliphatic hydroxyl groups is 2. The van der Waals surface area contributed by atoms with E-state index in [0.717, 1.165) is 12.1 Å². The van der Waals surface area contributed by atoms with Crippen LogP contribution in [0.1, 0.15) is 17.2 Å². The molecule has 0 aliphatic carbocycles. The molecule has 17 heavy (non-hydrogen) atoms. The molecule has 1 aromatic rings. The molecule has 0 aliphatic heterocycles. The second kappa shape index (κ2) is 5.72. The van der Waals surface area contributed by atoms with Gasteiger partial charge in [-0.05, 0) is 23.3 Å². The molecule has 2 unspecified atom stereocenters. The molecule has 0 bridgehead atoms. The summed E-state index contributed by atoms with van der Waals surface area (Å²) in [6.07, 6.45) is -3.02. The predicted molar refractivity (Wildman–Crippen MR) is 57.8 cm³/mol. The minimum Gasteiger partial charge on any atom is -0.481 e. The molecular weight excluding hydrogens is 229 g/mol. The van der Waals surface area contributed by atoms with Crippen LogP contribution in [0.2, 0.25) is 0 Å². The molecule has 0 amide bonds. The highest BCUT2D eigenvalue weighted by Crippen LogP contribution is 2.22. The Hall–Kier alpha value is -1.50. The molecule has 0 radical (unpaired) electrons. The number of rotatable bonds is 5. The Morgan fingerprint density at radius 3 is 2.59 bits per heavy atom. The minimum absolute atomic E-state index is 0.0466. The van der Waals surface area contributed by atoms with Crippen molar-refractivity contribution in [3.05, 3.63) is 35.1 Å². The third-order valence-electron chi connectivity index (χ3n) is 2.37. The van der Waals surface area contributed by atoms with Crippen LogP contribution in [0.25, 0.3) is 0 Å². The predicted octanol–water partition coefficient (Wildman–Crippen LogP) is -0.194. The standard InChI is InChI=1S/C11H14FNO4/c12-7-2-1-6(3-10(15)16)8(4-7)11(17)9(14)5-13/h1-2,4,9,11,14,17H,3,5,13H2,(H,15,16). The van der Waals surface area contributed by atoms with E-state index < -0.39 is 24.0 Å². The normalized spacial score (nSPS) is 14.4. The Morgan fingerprint density at radius 2 is 2.06 bits per heavy atom. The van der Waals surface area contributed by atoms with Gasteiger partial charge in [0.25, 0.3) is 0 Å². The van der Waals surface area contributed by atoms with Gasteiger partial charge in [-0.25, -0.2) is 4.39 Å². The number of benzene rings is 1. The molecule has 1 aromatic carbocycles. The summed E-state index contributed by atoms with van der Waals surface area (Å²) in [5, 5.41) is 27.8. The molecule has 5 nitrogen and oxygen atoms in total. The first-order chi connectivity index (χ1) is 7.95. The molecule has 0 heterocycles. The summed E-state index contributed by atoms with van der Waals surface area (Å²) in [5.41, 5.74) is 5.48. The fraction of sp³-hybridized carbons (Fsp3) is 0.364. The average Bonchev–Trinajstić information content (AvgIpc) is 2.29. The molecule has 6 heteroatoms. The Kier molecular flexibility index (Phi) is 4.56. The first-order valence-electron chi connectivity index (χ1n) is 5.02. The maximum atomic E-state index is 13.0. The number of hydrogen-bond acceptors (Lipinski definition) is 4. The van der Waals surface area contributed by atoms with E-state index in [4.69, 9.17) is 10.8 Å². The first-order valence-corrected chi connectivity index (χ1v) is 5.02. The SMILES string of the molecule is NCC(O)C(O)c1cc(F)ccc1CC(=O)O. The van der Waals surface area contributed by atoms with Gasteiger partial charge in [0, 0.05) is 6.54 Å². The van der Waals surface area contributed by atoms with Gasteiger partial charge in [0.1, 0.15) is 11.9 Å². The number of carboxylic acids is 1. The topological polar surface area (TPSA) is 104 Å². The van der Waals surface area contributed by atoms with Crippen LogP contribution in [-0.2, 0) is 11.2 Å². The Labute approximate surface area is 97.3 Å². The third-order valence-corrected chi connectivity index (χ3v) is 2.37. The highest BCUT2D eigenvalue weighted by Gasteiger charge is 2.21. The monoisotopic (exact) mass is 243 g/mol. The van der Waals surface area contributed by atoms with E-state index in [1.807, 2.05) is 0 Å². The summed E-state index contributed by atoms with van der Waals surface area (Å²) in [6.45, 7) is -0.204. The molecule has 2 atom stereocenters. The van der Waals surface area contributed by atoms with Crippen LogP contribution in [-0.4, -0.2) is 33.9 Å². The van der Waals surface area contributed by atoms with E-state index in [-0.39, 0.29) is 24.1 Å². The molecule has 0 saturated carbocycles. The molecular formula is C11H14FNO4. The quantitative estimate of drug-likeness (QED) is 0.573. The summed E-state index contributed by atoms with van der Waals surface area (Å²) in [7, 11) is 0. The highest BCUT2D eigenvalue weighted by atomic mass is 19.1. The average molecular weight is 243 g/mol. The van der Waals surface area contributed by atoms with Crippen molar-refractivity contribution in [3.63, 3.8) is 0 Å². The first kappa shape index (κ1) is 13.6. The largest absolute Gasteiger partial charge is 0.481 e. The van der Waals surface area contributed by atoms with E-state index in [9.17, 15) is 19.4 Å². The second-order valence-electron chi connectivity index (χ2n) is 3.66.